The number of hydrogen-bond donors (Lipinski definition) is 6. The molecule has 0 fully saturated rings. The van der Waals surface area contributed by atoms with Crippen molar-refractivity contribution in [2.24, 2.45) is 5.16 Å². The summed E-state index contributed by atoms with van der Waals surface area (Å²) < 4.78 is 23.6. The van der Waals surface area contributed by atoms with Crippen LogP contribution in [-0.4, -0.2) is 59.5 Å². The maximum absolute atomic E-state index is 12.6. The number of aliphatic hydroxyl groups excluding tert-OH is 4. The molecule has 6 rings (SSSR count). The Bertz CT molecular complexity index is 1970. The van der Waals surface area contributed by atoms with Crippen LogP contribution in [-0.2, 0) is 31.3 Å². The van der Waals surface area contributed by atoms with Gasteiger partial charge in [-0.25, -0.2) is 0 Å². The molecule has 2 unspecified atom stereocenters. The minimum Gasteiger partial charge on any atom is -0.493 e. The average Bonchev–Trinajstić information content (AvgIpc) is 3.75. The number of carbonyl (C=O) groups excluding carboxylic acids is 1. The topological polar surface area (TPSA) is 181 Å². The highest BCUT2D eigenvalue weighted by Gasteiger charge is 2.28. The van der Waals surface area contributed by atoms with Crippen LogP contribution in [0.15, 0.2) is 71.9 Å². The zero-order chi connectivity index (χ0) is 40.1. The van der Waals surface area contributed by atoms with E-state index in [4.69, 9.17) is 23.8 Å². The van der Waals surface area contributed by atoms with E-state index in [1.807, 2.05) is 48.5 Å². The summed E-state index contributed by atoms with van der Waals surface area (Å²) in [6.07, 6.45) is 6.81. The number of nitrogens with zero attached hydrogens (tertiary/aromatic N) is 1. The highest BCUT2D eigenvalue weighted by molar-refractivity contribution is 6.02. The molecule has 0 aliphatic carbocycles. The second-order valence-electron chi connectivity index (χ2n) is 14.1. The third kappa shape index (κ3) is 9.98. The Morgan fingerprint density at radius 3 is 1.95 bits per heavy atom. The summed E-state index contributed by atoms with van der Waals surface area (Å²) in [5, 5.41) is 50.0. The maximum atomic E-state index is 12.6. The van der Waals surface area contributed by atoms with Crippen molar-refractivity contribution in [1.82, 2.24) is 5.32 Å². The summed E-state index contributed by atoms with van der Waals surface area (Å²) in [6.45, 7) is 0.0901. The van der Waals surface area contributed by atoms with E-state index in [9.17, 15) is 25.2 Å². The smallest absolute Gasteiger partial charge is 0.255 e. The van der Waals surface area contributed by atoms with Gasteiger partial charge < -0.3 is 54.8 Å². The summed E-state index contributed by atoms with van der Waals surface area (Å²) in [5.41, 5.74) is 6.68. The number of unbranched alkanes of at least 4 members (excludes halogenated alkanes) is 6. The summed E-state index contributed by atoms with van der Waals surface area (Å²) in [7, 11) is 3.17. The number of fused-ring (bicyclic) bond motifs is 1. The largest absolute Gasteiger partial charge is 0.493 e. The van der Waals surface area contributed by atoms with Crippen LogP contribution < -0.4 is 29.6 Å². The third-order valence-corrected chi connectivity index (χ3v) is 10.4. The Morgan fingerprint density at radius 1 is 0.684 bits per heavy atom. The van der Waals surface area contributed by atoms with Gasteiger partial charge in [-0.2, -0.15) is 0 Å². The van der Waals surface area contributed by atoms with Gasteiger partial charge in [0.05, 0.1) is 65.1 Å². The molecule has 0 spiro atoms. The Kier molecular flexibility index (Phi) is 14.6. The molecule has 304 valence electrons. The first-order valence-corrected chi connectivity index (χ1v) is 19.5. The standard InChI is InChI=1S/C44H53N3O10/c1-53-40-21-30(39-23-37(47-57-39)29-19-31(24-48)35(27-51)32(20-29)25-49)22-41(54-2)42(40)56-17-11-7-5-3-4-6-10-16-55-38-15-14-28(18-33(38)26-50)43-45-36-13-9-8-12-34(36)44(52)46-43/h8-9,12-15,18-22,39,43,45,48-51H,3-7,10-11,16-17,23-27H2,1-2H3,(H,46,52). The van der Waals surface area contributed by atoms with Crippen molar-refractivity contribution in [3.63, 3.8) is 0 Å². The molecule has 1 amide bonds. The Labute approximate surface area is 333 Å². The lowest BCUT2D eigenvalue weighted by Gasteiger charge is -2.28. The van der Waals surface area contributed by atoms with E-state index in [1.165, 1.54) is 0 Å². The number of ether oxygens (including phenoxy) is 4. The molecule has 4 aromatic carbocycles. The monoisotopic (exact) mass is 783 g/mol. The first-order chi connectivity index (χ1) is 27.9. The number of oxime groups is 1. The second kappa shape index (κ2) is 20.2. The number of para-hydroxylation sites is 1. The van der Waals surface area contributed by atoms with Crippen molar-refractivity contribution in [3.05, 3.63) is 111 Å². The average molecular weight is 784 g/mol. The Hall–Kier alpha value is -5.34. The second-order valence-corrected chi connectivity index (χ2v) is 14.1. The van der Waals surface area contributed by atoms with E-state index in [2.05, 4.69) is 15.8 Å². The lowest BCUT2D eigenvalue weighted by molar-refractivity contribution is 0.0852. The van der Waals surface area contributed by atoms with Crippen molar-refractivity contribution in [1.29, 1.82) is 0 Å². The van der Waals surface area contributed by atoms with Crippen LogP contribution in [0.5, 0.6) is 23.0 Å². The minimum absolute atomic E-state index is 0.137. The molecule has 2 aliphatic heterocycles. The number of benzene rings is 4. The molecule has 2 atom stereocenters. The fourth-order valence-electron chi connectivity index (χ4n) is 7.27. The van der Waals surface area contributed by atoms with Crippen LogP contribution in [0.3, 0.4) is 0 Å². The molecule has 6 N–H and O–H groups in total. The predicted molar refractivity (Wildman–Crippen MR) is 215 cm³/mol. The zero-order valence-electron chi connectivity index (χ0n) is 32.6. The van der Waals surface area contributed by atoms with Crippen molar-refractivity contribution in [2.45, 2.75) is 90.1 Å². The van der Waals surface area contributed by atoms with E-state index < -0.39 is 12.3 Å². The van der Waals surface area contributed by atoms with Crippen molar-refractivity contribution < 1.29 is 49.0 Å². The van der Waals surface area contributed by atoms with Gasteiger partial charge in [-0.1, -0.05) is 55.5 Å². The predicted octanol–water partition coefficient (Wildman–Crippen LogP) is 6.58. The maximum Gasteiger partial charge on any atom is 0.255 e. The van der Waals surface area contributed by atoms with Gasteiger partial charge in [0.2, 0.25) is 5.75 Å². The number of carbonyl (C=O) groups is 1. The third-order valence-electron chi connectivity index (χ3n) is 10.4. The molecule has 0 bridgehead atoms. The Balaban J connectivity index is 0.895. The van der Waals surface area contributed by atoms with Gasteiger partial charge in [0.15, 0.2) is 17.6 Å². The van der Waals surface area contributed by atoms with Crippen molar-refractivity contribution in [2.75, 3.05) is 32.8 Å². The van der Waals surface area contributed by atoms with E-state index in [0.29, 0.717) is 81.7 Å². The van der Waals surface area contributed by atoms with Crippen molar-refractivity contribution in [3.8, 4) is 23.0 Å². The molecule has 0 radical (unpaired) electrons. The number of aliphatic hydroxyl groups is 4. The van der Waals surface area contributed by atoms with Gasteiger partial charge in [-0.05, 0) is 83.6 Å². The number of amides is 1. The molecule has 4 aromatic rings. The summed E-state index contributed by atoms with van der Waals surface area (Å²) in [5.74, 6) is 2.11. The van der Waals surface area contributed by atoms with Gasteiger partial charge in [0.1, 0.15) is 11.9 Å². The fourth-order valence-corrected chi connectivity index (χ4v) is 7.27. The fraction of sp³-hybridized carbons (Fsp3) is 0.409. The Morgan fingerprint density at radius 2 is 1.32 bits per heavy atom. The number of nitrogens with one attached hydrogen (secondary N) is 2. The molecule has 0 aromatic heterocycles. The number of hydrogen-bond acceptors (Lipinski definition) is 12. The molecule has 2 aliphatic rings. The highest BCUT2D eigenvalue weighted by atomic mass is 16.6. The lowest BCUT2D eigenvalue weighted by atomic mass is 9.93. The first kappa shape index (κ1) is 41.3. The minimum atomic E-state index is -0.407. The zero-order valence-corrected chi connectivity index (χ0v) is 32.6. The number of methoxy groups -OCH3 is 2. The van der Waals surface area contributed by atoms with Gasteiger partial charge in [0.25, 0.3) is 5.91 Å². The van der Waals surface area contributed by atoms with Crippen LogP contribution in [0.1, 0.15) is 113 Å². The van der Waals surface area contributed by atoms with Crippen LogP contribution in [0.4, 0.5) is 5.69 Å². The van der Waals surface area contributed by atoms with Gasteiger partial charge in [-0.3, -0.25) is 4.79 Å². The highest BCUT2D eigenvalue weighted by Crippen LogP contribution is 2.43. The molecule has 13 nitrogen and oxygen atoms in total. The quantitative estimate of drug-likeness (QED) is 0.0503. The van der Waals surface area contributed by atoms with Crippen LogP contribution in [0.25, 0.3) is 0 Å². The summed E-state index contributed by atoms with van der Waals surface area (Å²) in [6, 6.07) is 20.3. The molecular weight excluding hydrogens is 730 g/mol. The summed E-state index contributed by atoms with van der Waals surface area (Å²) >= 11 is 0. The van der Waals surface area contributed by atoms with Crippen LogP contribution in [0, 0.1) is 0 Å². The van der Waals surface area contributed by atoms with Gasteiger partial charge in [-0.15, -0.1) is 0 Å². The van der Waals surface area contributed by atoms with Crippen LogP contribution >= 0.6 is 0 Å². The lowest BCUT2D eigenvalue weighted by Crippen LogP contribution is -2.38. The molecular formula is C44H53N3O10. The molecule has 13 heteroatoms. The first-order valence-electron chi connectivity index (χ1n) is 19.5. The normalized spacial score (nSPS) is 15.9. The number of rotatable bonds is 21. The molecule has 2 heterocycles. The van der Waals surface area contributed by atoms with Gasteiger partial charge in [0, 0.05) is 28.8 Å². The molecule has 57 heavy (non-hydrogen) atoms. The number of anilines is 1. The summed E-state index contributed by atoms with van der Waals surface area (Å²) in [4.78, 5) is 18.4. The molecule has 0 saturated carbocycles. The van der Waals surface area contributed by atoms with Crippen LogP contribution in [0.2, 0.25) is 0 Å². The van der Waals surface area contributed by atoms with E-state index in [0.717, 1.165) is 61.8 Å². The SMILES string of the molecule is COc1cc(C2CC(c3cc(CO)c(CO)c(CO)c3)=NO2)cc(OC)c1OCCCCCCCCCOc1ccc(C2NC(=O)c3ccccc3N2)cc1CO. The van der Waals surface area contributed by atoms with E-state index >= 15 is 0 Å². The van der Waals surface area contributed by atoms with E-state index in [-0.39, 0.29) is 32.3 Å². The van der Waals surface area contributed by atoms with Gasteiger partial charge >= 0.3 is 0 Å². The van der Waals surface area contributed by atoms with Crippen molar-refractivity contribution >= 4 is 17.3 Å². The van der Waals surface area contributed by atoms with E-state index in [1.54, 1.807) is 32.4 Å². The molecule has 0 saturated heterocycles.